The second-order valence-corrected chi connectivity index (χ2v) is 4.54. The Morgan fingerprint density at radius 3 is 2.72 bits per heavy atom. The highest BCUT2D eigenvalue weighted by molar-refractivity contribution is 5.66. The van der Waals surface area contributed by atoms with Crippen molar-refractivity contribution >= 4 is 5.97 Å². The van der Waals surface area contributed by atoms with Gasteiger partial charge in [0.2, 0.25) is 0 Å². The van der Waals surface area contributed by atoms with Crippen LogP contribution < -0.4 is 11.2 Å². The van der Waals surface area contributed by atoms with Crippen LogP contribution in [0.5, 0.6) is 0 Å². The minimum atomic E-state index is -0.874. The highest BCUT2D eigenvalue weighted by atomic mass is 16.4. The van der Waals surface area contributed by atoms with E-state index in [1.54, 1.807) is 0 Å². The van der Waals surface area contributed by atoms with Gasteiger partial charge in [-0.3, -0.25) is 19.1 Å². The van der Waals surface area contributed by atoms with Crippen molar-refractivity contribution in [1.29, 1.82) is 0 Å². The lowest BCUT2D eigenvalue weighted by atomic mass is 9.97. The number of hydrogen-bond donors (Lipinski definition) is 2. The van der Waals surface area contributed by atoms with Gasteiger partial charge >= 0.3 is 11.7 Å². The quantitative estimate of drug-likeness (QED) is 0.805. The summed E-state index contributed by atoms with van der Waals surface area (Å²) in [5.74, 6) is -0.874. The number of aromatic amines is 1. The van der Waals surface area contributed by atoms with E-state index in [4.69, 9.17) is 5.11 Å². The SMILES string of the molecule is O=C(O)CCCn1c2c(c(=O)[nH]c1=O)CCCC2. The lowest BCUT2D eigenvalue weighted by Crippen LogP contribution is -2.36. The molecular formula is C12H16N2O4. The van der Waals surface area contributed by atoms with Crippen molar-refractivity contribution in [1.82, 2.24) is 9.55 Å². The number of nitrogens with zero attached hydrogens (tertiary/aromatic N) is 1. The summed E-state index contributed by atoms with van der Waals surface area (Å²) in [6.45, 7) is 0.351. The summed E-state index contributed by atoms with van der Waals surface area (Å²) < 4.78 is 1.53. The first kappa shape index (κ1) is 12.6. The molecule has 98 valence electrons. The largest absolute Gasteiger partial charge is 0.481 e. The van der Waals surface area contributed by atoms with Gasteiger partial charge in [-0.25, -0.2) is 4.79 Å². The monoisotopic (exact) mass is 252 g/mol. The number of nitrogens with one attached hydrogen (secondary N) is 1. The van der Waals surface area contributed by atoms with Crippen LogP contribution in [0.1, 0.15) is 36.9 Å². The third kappa shape index (κ3) is 2.52. The molecule has 2 N–H and O–H groups in total. The lowest BCUT2D eigenvalue weighted by molar-refractivity contribution is -0.137. The molecule has 1 aliphatic carbocycles. The third-order valence-corrected chi connectivity index (χ3v) is 3.28. The zero-order chi connectivity index (χ0) is 13.1. The molecule has 1 aromatic rings. The fourth-order valence-electron chi connectivity index (χ4n) is 2.42. The first-order valence-corrected chi connectivity index (χ1v) is 6.16. The zero-order valence-electron chi connectivity index (χ0n) is 10.1. The topological polar surface area (TPSA) is 92.2 Å². The summed E-state index contributed by atoms with van der Waals surface area (Å²) in [6, 6.07) is 0. The minimum absolute atomic E-state index is 0.0281. The minimum Gasteiger partial charge on any atom is -0.481 e. The van der Waals surface area contributed by atoms with E-state index in [2.05, 4.69) is 4.98 Å². The first-order chi connectivity index (χ1) is 8.59. The van der Waals surface area contributed by atoms with Crippen LogP contribution in [0, 0.1) is 0 Å². The number of aromatic nitrogens is 2. The van der Waals surface area contributed by atoms with Gasteiger partial charge in [0.25, 0.3) is 5.56 Å². The molecule has 18 heavy (non-hydrogen) atoms. The average molecular weight is 252 g/mol. The molecule has 1 aliphatic rings. The first-order valence-electron chi connectivity index (χ1n) is 6.16. The molecule has 0 spiro atoms. The van der Waals surface area contributed by atoms with Crippen molar-refractivity contribution in [3.05, 3.63) is 32.1 Å². The fraction of sp³-hybridized carbons (Fsp3) is 0.583. The Morgan fingerprint density at radius 2 is 2.00 bits per heavy atom. The van der Waals surface area contributed by atoms with E-state index in [9.17, 15) is 14.4 Å². The van der Waals surface area contributed by atoms with E-state index in [1.807, 2.05) is 0 Å². The molecule has 0 aliphatic heterocycles. The number of fused-ring (bicyclic) bond motifs is 1. The van der Waals surface area contributed by atoms with Crippen molar-refractivity contribution in [3.8, 4) is 0 Å². The van der Waals surface area contributed by atoms with E-state index in [-0.39, 0.29) is 12.0 Å². The van der Waals surface area contributed by atoms with E-state index in [1.165, 1.54) is 4.57 Å². The molecule has 0 aromatic carbocycles. The summed E-state index contributed by atoms with van der Waals surface area (Å²) in [7, 11) is 0. The fourth-order valence-corrected chi connectivity index (χ4v) is 2.42. The van der Waals surface area contributed by atoms with Crippen molar-refractivity contribution in [2.24, 2.45) is 0 Å². The Labute approximate surface area is 103 Å². The van der Waals surface area contributed by atoms with Gasteiger partial charge in [-0.1, -0.05) is 0 Å². The second-order valence-electron chi connectivity index (χ2n) is 4.54. The molecule has 0 unspecified atom stereocenters. The summed E-state index contributed by atoms with van der Waals surface area (Å²) in [5.41, 5.74) is 0.770. The van der Waals surface area contributed by atoms with Gasteiger partial charge < -0.3 is 5.11 Å². The maximum Gasteiger partial charge on any atom is 0.328 e. The number of carboxylic acid groups (broad SMARTS) is 1. The normalized spacial score (nSPS) is 14.2. The molecule has 2 rings (SSSR count). The molecular weight excluding hydrogens is 236 g/mol. The summed E-state index contributed by atoms with van der Waals surface area (Å²) in [4.78, 5) is 36.2. The van der Waals surface area contributed by atoms with Crippen molar-refractivity contribution < 1.29 is 9.90 Å². The van der Waals surface area contributed by atoms with Gasteiger partial charge in [-0.05, 0) is 32.1 Å². The number of aliphatic carboxylic acids is 1. The molecule has 0 fully saturated rings. The standard InChI is InChI=1S/C12H16N2O4/c15-10(16)6-3-7-14-9-5-2-1-4-8(9)11(17)13-12(14)18/h1-7H2,(H,15,16)(H,13,17,18). The Bertz CT molecular complexity index is 570. The van der Waals surface area contributed by atoms with Crippen LogP contribution >= 0.6 is 0 Å². The number of carbonyl (C=O) groups is 1. The molecule has 1 aromatic heterocycles. The van der Waals surface area contributed by atoms with Crippen LogP contribution in [-0.4, -0.2) is 20.6 Å². The molecule has 1 heterocycles. The number of carboxylic acids is 1. The van der Waals surface area contributed by atoms with Crippen molar-refractivity contribution in [2.45, 2.75) is 45.1 Å². The predicted molar refractivity (Wildman–Crippen MR) is 64.8 cm³/mol. The summed E-state index contributed by atoms with van der Waals surface area (Å²) in [6.07, 6.45) is 3.78. The molecule has 0 bridgehead atoms. The maximum atomic E-state index is 11.7. The van der Waals surface area contributed by atoms with E-state index < -0.39 is 11.7 Å². The van der Waals surface area contributed by atoms with Crippen LogP contribution in [0.15, 0.2) is 9.59 Å². The van der Waals surface area contributed by atoms with Gasteiger partial charge in [0.1, 0.15) is 0 Å². The highest BCUT2D eigenvalue weighted by Gasteiger charge is 2.17. The van der Waals surface area contributed by atoms with Gasteiger partial charge in [0, 0.05) is 24.2 Å². The van der Waals surface area contributed by atoms with Gasteiger partial charge in [0.05, 0.1) is 0 Å². The lowest BCUT2D eigenvalue weighted by Gasteiger charge is -2.19. The highest BCUT2D eigenvalue weighted by Crippen LogP contribution is 2.16. The van der Waals surface area contributed by atoms with Crippen LogP contribution in [0.4, 0.5) is 0 Å². The molecule has 0 saturated heterocycles. The Hall–Kier alpha value is -1.85. The van der Waals surface area contributed by atoms with Crippen LogP contribution in [-0.2, 0) is 24.2 Å². The predicted octanol–water partition coefficient (Wildman–Crippen LogP) is 0.280. The smallest absolute Gasteiger partial charge is 0.328 e. The Balaban J connectivity index is 2.31. The van der Waals surface area contributed by atoms with Crippen molar-refractivity contribution in [2.75, 3.05) is 0 Å². The molecule has 6 nitrogen and oxygen atoms in total. The number of hydrogen-bond acceptors (Lipinski definition) is 3. The molecule has 6 heteroatoms. The van der Waals surface area contributed by atoms with Crippen molar-refractivity contribution in [3.63, 3.8) is 0 Å². The maximum absolute atomic E-state index is 11.7. The van der Waals surface area contributed by atoms with Gasteiger partial charge in [-0.15, -0.1) is 0 Å². The average Bonchev–Trinajstić information content (AvgIpc) is 2.33. The van der Waals surface area contributed by atoms with Gasteiger partial charge in [-0.2, -0.15) is 0 Å². The summed E-state index contributed by atoms with van der Waals surface area (Å²) >= 11 is 0. The van der Waals surface area contributed by atoms with Crippen LogP contribution in [0.2, 0.25) is 0 Å². The van der Waals surface area contributed by atoms with Gasteiger partial charge in [0.15, 0.2) is 0 Å². The number of rotatable bonds is 4. The second kappa shape index (κ2) is 5.20. The van der Waals surface area contributed by atoms with E-state index in [0.29, 0.717) is 24.9 Å². The van der Waals surface area contributed by atoms with Crippen LogP contribution in [0.25, 0.3) is 0 Å². The third-order valence-electron chi connectivity index (χ3n) is 3.28. The van der Waals surface area contributed by atoms with Crippen LogP contribution in [0.3, 0.4) is 0 Å². The molecule has 0 atom stereocenters. The molecule has 0 radical (unpaired) electrons. The van der Waals surface area contributed by atoms with E-state index >= 15 is 0 Å². The summed E-state index contributed by atoms with van der Waals surface area (Å²) in [5, 5.41) is 8.60. The van der Waals surface area contributed by atoms with E-state index in [0.717, 1.165) is 25.0 Å². The zero-order valence-corrected chi connectivity index (χ0v) is 10.1. The Kier molecular flexibility index (Phi) is 3.64. The Morgan fingerprint density at radius 1 is 1.28 bits per heavy atom. The number of H-pyrrole nitrogens is 1. The molecule has 0 amide bonds. The molecule has 0 saturated carbocycles.